The molecule has 0 aromatic heterocycles. The molecule has 106 valence electrons. The normalized spacial score (nSPS) is 24.0. The molecular weight excluding hydrogens is 282 g/mol. The topological polar surface area (TPSA) is 46.2 Å². The minimum Gasteiger partial charge on any atom is -0.315 e. The Hall–Kier alpha value is -0.580. The van der Waals surface area contributed by atoms with Crippen LogP contribution >= 0.6 is 11.6 Å². The van der Waals surface area contributed by atoms with Crippen molar-refractivity contribution < 1.29 is 8.42 Å². The van der Waals surface area contributed by atoms with Gasteiger partial charge in [0.25, 0.3) is 0 Å². The van der Waals surface area contributed by atoms with Crippen LogP contribution in [0.5, 0.6) is 0 Å². The number of likely N-dealkylation sites (N-methyl/N-ethyl adjacent to an activating group) is 1. The van der Waals surface area contributed by atoms with E-state index in [1.54, 1.807) is 0 Å². The van der Waals surface area contributed by atoms with Crippen LogP contribution in [0.25, 0.3) is 0 Å². The molecular formula is C14H20ClNO2S. The van der Waals surface area contributed by atoms with Crippen molar-refractivity contribution in [1.82, 2.24) is 5.32 Å². The lowest BCUT2D eigenvalue weighted by atomic mass is 10.00. The van der Waals surface area contributed by atoms with Crippen molar-refractivity contribution in [3.05, 3.63) is 34.9 Å². The SMILES string of the molecule is CNC(Cc1ccc(Cl)cc1)C1CCCCS1(=O)=O. The summed E-state index contributed by atoms with van der Waals surface area (Å²) in [4.78, 5) is 0. The Kier molecular flexibility index (Phi) is 4.87. The summed E-state index contributed by atoms with van der Waals surface area (Å²) in [5.74, 6) is 0.330. The van der Waals surface area contributed by atoms with Gasteiger partial charge in [-0.05, 0) is 44.0 Å². The van der Waals surface area contributed by atoms with Gasteiger partial charge in [0.15, 0.2) is 9.84 Å². The van der Waals surface area contributed by atoms with Crippen molar-refractivity contribution in [2.75, 3.05) is 12.8 Å². The fourth-order valence-corrected chi connectivity index (χ4v) is 5.02. The second-order valence-electron chi connectivity index (χ2n) is 5.13. The van der Waals surface area contributed by atoms with E-state index < -0.39 is 9.84 Å². The molecule has 0 bridgehead atoms. The molecule has 19 heavy (non-hydrogen) atoms. The lowest BCUT2D eigenvalue weighted by Crippen LogP contribution is -2.46. The highest BCUT2D eigenvalue weighted by Crippen LogP contribution is 2.24. The zero-order valence-corrected chi connectivity index (χ0v) is 12.7. The number of hydrogen-bond acceptors (Lipinski definition) is 3. The third-order valence-corrected chi connectivity index (χ3v) is 6.41. The van der Waals surface area contributed by atoms with E-state index in [0.717, 1.165) is 31.2 Å². The van der Waals surface area contributed by atoms with Gasteiger partial charge in [-0.15, -0.1) is 0 Å². The second-order valence-corrected chi connectivity index (χ2v) is 7.90. The highest BCUT2D eigenvalue weighted by atomic mass is 35.5. The molecule has 0 spiro atoms. The van der Waals surface area contributed by atoms with Crippen LogP contribution in [0, 0.1) is 0 Å². The van der Waals surface area contributed by atoms with Gasteiger partial charge in [0.1, 0.15) is 0 Å². The number of sulfone groups is 1. The highest BCUT2D eigenvalue weighted by Gasteiger charge is 2.34. The molecule has 0 amide bonds. The van der Waals surface area contributed by atoms with E-state index >= 15 is 0 Å². The molecule has 0 aliphatic carbocycles. The molecule has 1 N–H and O–H groups in total. The number of hydrogen-bond donors (Lipinski definition) is 1. The molecule has 1 heterocycles. The Morgan fingerprint density at radius 3 is 2.58 bits per heavy atom. The number of halogens is 1. The molecule has 2 unspecified atom stereocenters. The lowest BCUT2D eigenvalue weighted by molar-refractivity contribution is 0.456. The Labute approximate surface area is 120 Å². The zero-order valence-electron chi connectivity index (χ0n) is 11.1. The first-order valence-corrected chi connectivity index (χ1v) is 8.75. The summed E-state index contributed by atoms with van der Waals surface area (Å²) >= 11 is 5.86. The van der Waals surface area contributed by atoms with Crippen LogP contribution in [0.1, 0.15) is 24.8 Å². The summed E-state index contributed by atoms with van der Waals surface area (Å²) in [6, 6.07) is 7.59. The predicted molar refractivity (Wildman–Crippen MR) is 79.4 cm³/mol. The van der Waals surface area contributed by atoms with Crippen molar-refractivity contribution >= 4 is 21.4 Å². The van der Waals surface area contributed by atoms with Crippen LogP contribution in [-0.2, 0) is 16.3 Å². The standard InChI is InChI=1S/C14H20ClNO2S/c1-16-13(10-11-5-7-12(15)8-6-11)14-4-2-3-9-19(14,17)18/h5-8,13-14,16H,2-4,9-10H2,1H3. The summed E-state index contributed by atoms with van der Waals surface area (Å²) < 4.78 is 24.3. The van der Waals surface area contributed by atoms with Gasteiger partial charge in [-0.1, -0.05) is 30.2 Å². The Balaban J connectivity index is 2.13. The van der Waals surface area contributed by atoms with Crippen molar-refractivity contribution in [3.8, 4) is 0 Å². The van der Waals surface area contributed by atoms with Gasteiger partial charge >= 0.3 is 0 Å². The quantitative estimate of drug-likeness (QED) is 0.929. The number of benzene rings is 1. The third-order valence-electron chi connectivity index (χ3n) is 3.82. The number of nitrogens with one attached hydrogen (secondary N) is 1. The van der Waals surface area contributed by atoms with E-state index in [-0.39, 0.29) is 11.3 Å². The Morgan fingerprint density at radius 1 is 1.32 bits per heavy atom. The molecule has 0 saturated carbocycles. The van der Waals surface area contributed by atoms with Gasteiger partial charge < -0.3 is 5.32 Å². The Bertz CT molecular complexity index is 513. The summed E-state index contributed by atoms with van der Waals surface area (Å²) in [6.07, 6.45) is 3.29. The highest BCUT2D eigenvalue weighted by molar-refractivity contribution is 7.92. The first kappa shape index (κ1) is 14.8. The first-order chi connectivity index (χ1) is 9.03. The van der Waals surface area contributed by atoms with Crippen LogP contribution in [0.3, 0.4) is 0 Å². The maximum Gasteiger partial charge on any atom is 0.154 e. The maximum atomic E-state index is 12.2. The number of rotatable bonds is 4. The molecule has 1 aliphatic rings. The van der Waals surface area contributed by atoms with E-state index in [9.17, 15) is 8.42 Å². The first-order valence-electron chi connectivity index (χ1n) is 6.66. The third kappa shape index (κ3) is 3.71. The Morgan fingerprint density at radius 2 is 2.00 bits per heavy atom. The van der Waals surface area contributed by atoms with Gasteiger partial charge in [-0.25, -0.2) is 8.42 Å². The van der Waals surface area contributed by atoms with Crippen LogP contribution < -0.4 is 5.32 Å². The van der Waals surface area contributed by atoms with Gasteiger partial charge in [0, 0.05) is 11.1 Å². The van der Waals surface area contributed by atoms with Crippen LogP contribution in [0.4, 0.5) is 0 Å². The van der Waals surface area contributed by atoms with Gasteiger partial charge in [0.2, 0.25) is 0 Å². The zero-order chi connectivity index (χ0) is 13.9. The van der Waals surface area contributed by atoms with Gasteiger partial charge in [-0.2, -0.15) is 0 Å². The van der Waals surface area contributed by atoms with Crippen LogP contribution in [0.2, 0.25) is 5.02 Å². The van der Waals surface area contributed by atoms with Crippen molar-refractivity contribution in [2.24, 2.45) is 0 Å². The fourth-order valence-electron chi connectivity index (χ4n) is 2.72. The molecule has 2 rings (SSSR count). The summed E-state index contributed by atoms with van der Waals surface area (Å²) in [6.45, 7) is 0. The molecule has 1 fully saturated rings. The molecule has 1 saturated heterocycles. The monoisotopic (exact) mass is 301 g/mol. The lowest BCUT2D eigenvalue weighted by Gasteiger charge is -2.30. The van der Waals surface area contributed by atoms with Crippen LogP contribution in [-0.4, -0.2) is 32.5 Å². The van der Waals surface area contributed by atoms with E-state index in [0.29, 0.717) is 10.8 Å². The fraction of sp³-hybridized carbons (Fsp3) is 0.571. The largest absolute Gasteiger partial charge is 0.315 e. The van der Waals surface area contributed by atoms with E-state index in [2.05, 4.69) is 5.32 Å². The van der Waals surface area contributed by atoms with Crippen molar-refractivity contribution in [2.45, 2.75) is 37.0 Å². The van der Waals surface area contributed by atoms with E-state index in [1.807, 2.05) is 31.3 Å². The van der Waals surface area contributed by atoms with Crippen molar-refractivity contribution in [1.29, 1.82) is 0 Å². The minimum absolute atomic E-state index is 0.0218. The van der Waals surface area contributed by atoms with E-state index in [1.165, 1.54) is 0 Å². The van der Waals surface area contributed by atoms with Gasteiger partial charge in [0.05, 0.1) is 11.0 Å². The summed E-state index contributed by atoms with van der Waals surface area (Å²) in [5.41, 5.74) is 1.12. The molecule has 3 nitrogen and oxygen atoms in total. The summed E-state index contributed by atoms with van der Waals surface area (Å²) in [7, 11) is -1.11. The summed E-state index contributed by atoms with van der Waals surface area (Å²) in [5, 5.41) is 3.62. The van der Waals surface area contributed by atoms with Crippen molar-refractivity contribution in [3.63, 3.8) is 0 Å². The smallest absolute Gasteiger partial charge is 0.154 e. The average molecular weight is 302 g/mol. The molecule has 1 aliphatic heterocycles. The average Bonchev–Trinajstić information content (AvgIpc) is 2.38. The van der Waals surface area contributed by atoms with Crippen LogP contribution in [0.15, 0.2) is 24.3 Å². The molecule has 1 aromatic carbocycles. The minimum atomic E-state index is -2.95. The predicted octanol–water partition coefficient (Wildman–Crippen LogP) is 2.44. The molecule has 0 radical (unpaired) electrons. The molecule has 5 heteroatoms. The second kappa shape index (κ2) is 6.25. The van der Waals surface area contributed by atoms with E-state index in [4.69, 9.17) is 11.6 Å². The molecule has 2 atom stereocenters. The molecule has 1 aromatic rings. The van der Waals surface area contributed by atoms with Gasteiger partial charge in [-0.3, -0.25) is 0 Å². The maximum absolute atomic E-state index is 12.2.